The minimum Gasteiger partial charge on any atom is -0.366 e. The summed E-state index contributed by atoms with van der Waals surface area (Å²) in [7, 11) is 0. The SMILES string of the molecule is CCN1c2cc(C)c(/C=N\n3cnnc3)cc2[C@H](C)CC1(C)C. The van der Waals surface area contributed by atoms with Crippen molar-refractivity contribution in [1.82, 2.24) is 14.9 Å². The molecule has 5 heteroatoms. The van der Waals surface area contributed by atoms with Crippen LogP contribution >= 0.6 is 0 Å². The van der Waals surface area contributed by atoms with Crippen LogP contribution in [0.2, 0.25) is 0 Å². The Morgan fingerprint density at radius 2 is 2.00 bits per heavy atom. The fourth-order valence-electron chi connectivity index (χ4n) is 3.77. The Kier molecular flexibility index (Phi) is 3.96. The highest BCUT2D eigenvalue weighted by Crippen LogP contribution is 2.43. The highest BCUT2D eigenvalue weighted by atomic mass is 15.4. The van der Waals surface area contributed by atoms with Crippen molar-refractivity contribution >= 4 is 11.9 Å². The van der Waals surface area contributed by atoms with Gasteiger partial charge in [-0.05, 0) is 68.9 Å². The van der Waals surface area contributed by atoms with Crippen LogP contribution in [0.15, 0.2) is 29.9 Å². The third-order valence-corrected chi connectivity index (χ3v) is 4.83. The predicted octanol–water partition coefficient (Wildman–Crippen LogP) is 3.58. The molecule has 1 aliphatic heterocycles. The summed E-state index contributed by atoms with van der Waals surface area (Å²) in [4.78, 5) is 2.52. The quantitative estimate of drug-likeness (QED) is 0.814. The summed E-state index contributed by atoms with van der Waals surface area (Å²) in [5.74, 6) is 0.547. The van der Waals surface area contributed by atoms with E-state index in [2.05, 4.69) is 67.0 Å². The van der Waals surface area contributed by atoms with Gasteiger partial charge in [0.1, 0.15) is 12.7 Å². The normalized spacial score (nSPS) is 20.0. The number of aryl methyl sites for hydroxylation is 1. The summed E-state index contributed by atoms with van der Waals surface area (Å²) in [5, 5.41) is 11.9. The lowest BCUT2D eigenvalue weighted by atomic mass is 9.79. The number of aromatic nitrogens is 3. The summed E-state index contributed by atoms with van der Waals surface area (Å²) in [6, 6.07) is 4.60. The average Bonchev–Trinajstić information content (AvgIpc) is 2.98. The Balaban J connectivity index is 2.02. The molecule has 1 aliphatic rings. The van der Waals surface area contributed by atoms with Crippen molar-refractivity contribution in [3.63, 3.8) is 0 Å². The van der Waals surface area contributed by atoms with E-state index >= 15 is 0 Å². The van der Waals surface area contributed by atoms with Crippen LogP contribution in [0, 0.1) is 6.92 Å². The minimum atomic E-state index is 0.200. The zero-order valence-electron chi connectivity index (χ0n) is 14.6. The van der Waals surface area contributed by atoms with E-state index in [0.717, 1.165) is 12.1 Å². The van der Waals surface area contributed by atoms with Crippen molar-refractivity contribution in [1.29, 1.82) is 0 Å². The number of hydrogen-bond donors (Lipinski definition) is 0. The van der Waals surface area contributed by atoms with Gasteiger partial charge in [0.25, 0.3) is 0 Å². The van der Waals surface area contributed by atoms with Crippen LogP contribution in [-0.4, -0.2) is 33.2 Å². The van der Waals surface area contributed by atoms with Crippen LogP contribution in [0.5, 0.6) is 0 Å². The Hall–Kier alpha value is -2.17. The molecule has 0 N–H and O–H groups in total. The number of benzene rings is 1. The fraction of sp³-hybridized carbons (Fsp3) is 0.500. The zero-order chi connectivity index (χ0) is 16.6. The number of rotatable bonds is 3. The van der Waals surface area contributed by atoms with E-state index in [1.165, 1.54) is 23.2 Å². The molecule has 2 heterocycles. The monoisotopic (exact) mass is 311 g/mol. The highest BCUT2D eigenvalue weighted by Gasteiger charge is 2.35. The smallest absolute Gasteiger partial charge is 0.141 e. The van der Waals surface area contributed by atoms with E-state index in [4.69, 9.17) is 0 Å². The Labute approximate surface area is 138 Å². The van der Waals surface area contributed by atoms with Crippen LogP contribution in [-0.2, 0) is 0 Å². The van der Waals surface area contributed by atoms with Gasteiger partial charge >= 0.3 is 0 Å². The largest absolute Gasteiger partial charge is 0.366 e. The van der Waals surface area contributed by atoms with E-state index in [0.29, 0.717) is 5.92 Å². The Morgan fingerprint density at radius 3 is 2.65 bits per heavy atom. The lowest BCUT2D eigenvalue weighted by molar-refractivity contribution is 0.381. The summed E-state index contributed by atoms with van der Waals surface area (Å²) in [6.07, 6.45) is 6.24. The zero-order valence-corrected chi connectivity index (χ0v) is 14.6. The van der Waals surface area contributed by atoms with Gasteiger partial charge < -0.3 is 4.90 Å². The predicted molar refractivity (Wildman–Crippen MR) is 94.3 cm³/mol. The van der Waals surface area contributed by atoms with Crippen LogP contribution in [0.3, 0.4) is 0 Å². The van der Waals surface area contributed by atoms with Crippen molar-refractivity contribution < 1.29 is 0 Å². The molecule has 0 bridgehead atoms. The molecule has 1 aromatic heterocycles. The second-order valence-corrected chi connectivity index (χ2v) is 7.02. The standard InChI is InChI=1S/C18H25N5/c1-6-23-17-7-13(2)15(10-21-22-11-19-20-12-22)8-16(17)14(3)9-18(23,4)5/h7-8,10-12,14H,6,9H2,1-5H3/b21-10-/t14-/m1/s1. The molecule has 3 rings (SSSR count). The summed E-state index contributed by atoms with van der Waals surface area (Å²) in [5.41, 5.74) is 5.38. The van der Waals surface area contributed by atoms with Crippen molar-refractivity contribution in [2.24, 2.45) is 5.10 Å². The lowest BCUT2D eigenvalue weighted by Gasteiger charge is -2.47. The van der Waals surface area contributed by atoms with Crippen LogP contribution < -0.4 is 4.90 Å². The third-order valence-electron chi connectivity index (χ3n) is 4.83. The average molecular weight is 311 g/mol. The number of nitrogens with zero attached hydrogens (tertiary/aromatic N) is 5. The first-order valence-electron chi connectivity index (χ1n) is 8.23. The van der Waals surface area contributed by atoms with Gasteiger partial charge in [0.15, 0.2) is 0 Å². The van der Waals surface area contributed by atoms with E-state index in [1.54, 1.807) is 17.3 Å². The molecule has 0 saturated heterocycles. The molecule has 0 unspecified atom stereocenters. The maximum atomic E-state index is 4.39. The molecule has 0 fully saturated rings. The van der Waals surface area contributed by atoms with Gasteiger partial charge in [-0.25, -0.2) is 4.68 Å². The molecule has 23 heavy (non-hydrogen) atoms. The van der Waals surface area contributed by atoms with Gasteiger partial charge in [-0.15, -0.1) is 10.2 Å². The van der Waals surface area contributed by atoms with Gasteiger partial charge in [0, 0.05) is 17.8 Å². The summed E-state index contributed by atoms with van der Waals surface area (Å²) in [6.45, 7) is 12.4. The molecule has 5 nitrogen and oxygen atoms in total. The molecule has 0 radical (unpaired) electrons. The second-order valence-electron chi connectivity index (χ2n) is 7.02. The molecule has 2 aromatic rings. The number of fused-ring (bicyclic) bond motifs is 1. The van der Waals surface area contributed by atoms with Crippen LogP contribution in [0.25, 0.3) is 0 Å². The van der Waals surface area contributed by atoms with Crippen molar-refractivity contribution in [2.45, 2.75) is 52.5 Å². The molecular formula is C18H25N5. The molecule has 0 spiro atoms. The molecule has 0 aliphatic carbocycles. The molecule has 0 amide bonds. The first kappa shape index (κ1) is 15.7. The lowest BCUT2D eigenvalue weighted by Crippen LogP contribution is -2.48. The van der Waals surface area contributed by atoms with Gasteiger partial charge in [-0.1, -0.05) is 6.92 Å². The first-order chi connectivity index (χ1) is 10.9. The maximum absolute atomic E-state index is 4.39. The summed E-state index contributed by atoms with van der Waals surface area (Å²) >= 11 is 0. The van der Waals surface area contributed by atoms with E-state index in [1.807, 2.05) is 6.21 Å². The highest BCUT2D eigenvalue weighted by molar-refractivity contribution is 5.84. The van der Waals surface area contributed by atoms with Gasteiger partial charge in [0.2, 0.25) is 0 Å². The van der Waals surface area contributed by atoms with E-state index < -0.39 is 0 Å². The summed E-state index contributed by atoms with van der Waals surface area (Å²) < 4.78 is 1.61. The van der Waals surface area contributed by atoms with E-state index in [-0.39, 0.29) is 5.54 Å². The number of hydrogen-bond acceptors (Lipinski definition) is 4. The fourth-order valence-corrected chi connectivity index (χ4v) is 3.77. The van der Waals surface area contributed by atoms with Crippen molar-refractivity contribution in [2.75, 3.05) is 11.4 Å². The molecular weight excluding hydrogens is 286 g/mol. The van der Waals surface area contributed by atoms with Crippen molar-refractivity contribution in [3.8, 4) is 0 Å². The Bertz CT molecular complexity index is 715. The third kappa shape index (κ3) is 2.87. The Morgan fingerprint density at radius 1 is 1.30 bits per heavy atom. The van der Waals surface area contributed by atoms with Crippen molar-refractivity contribution in [3.05, 3.63) is 41.5 Å². The molecule has 1 atom stereocenters. The minimum absolute atomic E-state index is 0.200. The first-order valence-corrected chi connectivity index (χ1v) is 8.23. The van der Waals surface area contributed by atoms with Gasteiger partial charge in [-0.3, -0.25) is 0 Å². The van der Waals surface area contributed by atoms with E-state index in [9.17, 15) is 0 Å². The molecule has 0 saturated carbocycles. The van der Waals surface area contributed by atoms with Crippen LogP contribution in [0.1, 0.15) is 56.7 Å². The second kappa shape index (κ2) is 5.80. The van der Waals surface area contributed by atoms with Gasteiger partial charge in [0.05, 0.1) is 6.21 Å². The molecule has 122 valence electrons. The number of anilines is 1. The topological polar surface area (TPSA) is 46.3 Å². The van der Waals surface area contributed by atoms with Crippen LogP contribution in [0.4, 0.5) is 5.69 Å². The molecule has 1 aromatic carbocycles. The van der Waals surface area contributed by atoms with Gasteiger partial charge in [-0.2, -0.15) is 5.10 Å². The maximum Gasteiger partial charge on any atom is 0.141 e.